The zero-order valence-electron chi connectivity index (χ0n) is 11.8. The number of sulfonamides is 1. The van der Waals surface area contributed by atoms with Crippen molar-refractivity contribution < 1.29 is 8.42 Å². The fraction of sp³-hybridized carbons (Fsp3) is 0.846. The third-order valence-corrected chi connectivity index (χ3v) is 5.23. The fourth-order valence-corrected chi connectivity index (χ4v) is 3.46. The van der Waals surface area contributed by atoms with Crippen LogP contribution in [-0.4, -0.2) is 19.7 Å². The topological polar surface area (TPSA) is 93.8 Å². The van der Waals surface area contributed by atoms with Gasteiger partial charge in [-0.2, -0.15) is 10.5 Å². The average Bonchev–Trinajstić information content (AvgIpc) is 2.39. The smallest absolute Gasteiger partial charge is 0.213 e. The summed E-state index contributed by atoms with van der Waals surface area (Å²) in [6, 6.07) is 3.91. The minimum atomic E-state index is -3.71. The molecule has 108 valence electrons. The summed E-state index contributed by atoms with van der Waals surface area (Å²) in [5.74, 6) is 0. The van der Waals surface area contributed by atoms with Crippen LogP contribution in [0.5, 0.6) is 0 Å². The van der Waals surface area contributed by atoms with Gasteiger partial charge in [-0.3, -0.25) is 0 Å². The van der Waals surface area contributed by atoms with Gasteiger partial charge in [-0.15, -0.1) is 0 Å². The van der Waals surface area contributed by atoms with Crippen molar-refractivity contribution in [2.75, 3.05) is 6.54 Å². The Morgan fingerprint density at radius 2 is 1.63 bits per heavy atom. The first-order valence-corrected chi connectivity index (χ1v) is 8.25. The Hall–Kier alpha value is -1.11. The van der Waals surface area contributed by atoms with Crippen LogP contribution in [-0.2, 0) is 10.0 Å². The molecule has 6 heteroatoms. The van der Waals surface area contributed by atoms with E-state index >= 15 is 0 Å². The second-order valence-electron chi connectivity index (χ2n) is 4.62. The van der Waals surface area contributed by atoms with Gasteiger partial charge in [0.2, 0.25) is 10.0 Å². The normalized spacial score (nSPS) is 11.8. The molecule has 0 aliphatic carbocycles. The van der Waals surface area contributed by atoms with E-state index in [2.05, 4.69) is 4.72 Å². The summed E-state index contributed by atoms with van der Waals surface area (Å²) in [7, 11) is -3.71. The van der Waals surface area contributed by atoms with E-state index in [4.69, 9.17) is 5.26 Å². The highest BCUT2D eigenvalue weighted by molar-refractivity contribution is 7.91. The molecular formula is C13H23N3O2S. The van der Waals surface area contributed by atoms with Crippen LogP contribution < -0.4 is 4.72 Å². The molecule has 5 nitrogen and oxygen atoms in total. The number of nitrogens with zero attached hydrogens (tertiary/aromatic N) is 2. The third-order valence-electron chi connectivity index (χ3n) is 3.12. The van der Waals surface area contributed by atoms with Crippen LogP contribution in [0, 0.1) is 22.7 Å². The van der Waals surface area contributed by atoms with Gasteiger partial charge >= 0.3 is 0 Å². The maximum Gasteiger partial charge on any atom is 0.230 e. The number of hydrogen-bond donors (Lipinski definition) is 1. The van der Waals surface area contributed by atoms with Crippen molar-refractivity contribution in [1.29, 1.82) is 10.5 Å². The van der Waals surface area contributed by atoms with E-state index in [1.165, 1.54) is 0 Å². The summed E-state index contributed by atoms with van der Waals surface area (Å²) in [5.41, 5.74) is 0. The maximum absolute atomic E-state index is 12.3. The summed E-state index contributed by atoms with van der Waals surface area (Å²) >= 11 is 0. The van der Waals surface area contributed by atoms with Crippen molar-refractivity contribution in [3.8, 4) is 12.1 Å². The summed E-state index contributed by atoms with van der Waals surface area (Å²) in [6.07, 6.45) is 3.92. The quantitative estimate of drug-likeness (QED) is 0.624. The van der Waals surface area contributed by atoms with Crippen molar-refractivity contribution in [3.05, 3.63) is 0 Å². The van der Waals surface area contributed by atoms with Crippen LogP contribution in [0.2, 0.25) is 0 Å². The predicted molar refractivity (Wildman–Crippen MR) is 74.5 cm³/mol. The van der Waals surface area contributed by atoms with Crippen LogP contribution in [0.4, 0.5) is 0 Å². The average molecular weight is 285 g/mol. The molecule has 0 saturated carbocycles. The van der Waals surface area contributed by atoms with Gasteiger partial charge in [0, 0.05) is 13.0 Å². The number of nitriles is 2. The first-order chi connectivity index (χ1) is 8.99. The number of hydrogen-bond acceptors (Lipinski definition) is 4. The second-order valence-corrected chi connectivity index (χ2v) is 6.70. The number of unbranched alkanes of at least 4 members (excludes halogenated alkanes) is 2. The van der Waals surface area contributed by atoms with Crippen molar-refractivity contribution in [3.63, 3.8) is 0 Å². The van der Waals surface area contributed by atoms with Gasteiger partial charge in [-0.1, -0.05) is 39.5 Å². The molecular weight excluding hydrogens is 262 g/mol. The zero-order valence-corrected chi connectivity index (χ0v) is 12.6. The highest BCUT2D eigenvalue weighted by Crippen LogP contribution is 2.29. The minimum Gasteiger partial charge on any atom is -0.213 e. The lowest BCUT2D eigenvalue weighted by Gasteiger charge is -2.26. The fourth-order valence-electron chi connectivity index (χ4n) is 1.87. The van der Waals surface area contributed by atoms with E-state index in [9.17, 15) is 13.7 Å². The van der Waals surface area contributed by atoms with Gasteiger partial charge in [0.05, 0.1) is 12.1 Å². The largest absolute Gasteiger partial charge is 0.230 e. The standard InChI is InChI=1S/C13H23N3O2S/c1-3-5-8-13(12-15,9-6-4-2)19(17,18)16-11-7-10-14/h16H,3-9,11H2,1-2H3. The Labute approximate surface area is 116 Å². The molecule has 0 saturated heterocycles. The van der Waals surface area contributed by atoms with Crippen LogP contribution in [0.25, 0.3) is 0 Å². The molecule has 0 aromatic carbocycles. The Kier molecular flexibility index (Phi) is 8.38. The van der Waals surface area contributed by atoms with E-state index < -0.39 is 14.8 Å². The molecule has 0 fully saturated rings. The van der Waals surface area contributed by atoms with Crippen molar-refractivity contribution >= 4 is 10.0 Å². The lowest BCUT2D eigenvalue weighted by molar-refractivity contribution is 0.482. The van der Waals surface area contributed by atoms with E-state index in [1.54, 1.807) is 0 Å². The summed E-state index contributed by atoms with van der Waals surface area (Å²) in [6.45, 7) is 4.01. The maximum atomic E-state index is 12.3. The number of rotatable bonds is 10. The zero-order chi connectivity index (χ0) is 14.8. The number of nitrogens with one attached hydrogen (secondary N) is 1. The Morgan fingerprint density at radius 1 is 1.11 bits per heavy atom. The first-order valence-electron chi connectivity index (χ1n) is 6.77. The summed E-state index contributed by atoms with van der Waals surface area (Å²) in [5, 5.41) is 17.8. The van der Waals surface area contributed by atoms with E-state index in [0.717, 1.165) is 12.8 Å². The Morgan fingerprint density at radius 3 is 2.00 bits per heavy atom. The SMILES string of the molecule is CCCCC(C#N)(CCCC)S(=O)(=O)NCCC#N. The van der Waals surface area contributed by atoms with Crippen LogP contribution >= 0.6 is 0 Å². The minimum absolute atomic E-state index is 0.0700. The predicted octanol–water partition coefficient (Wildman–Crippen LogP) is 2.46. The molecule has 0 heterocycles. The summed E-state index contributed by atoms with van der Waals surface area (Å²) < 4.78 is 25.7. The van der Waals surface area contributed by atoms with Gasteiger partial charge in [-0.05, 0) is 12.8 Å². The molecule has 0 radical (unpaired) electrons. The molecule has 0 aromatic heterocycles. The monoisotopic (exact) mass is 285 g/mol. The first kappa shape index (κ1) is 17.9. The van der Waals surface area contributed by atoms with Gasteiger partial charge in [0.25, 0.3) is 0 Å². The van der Waals surface area contributed by atoms with E-state index in [1.807, 2.05) is 26.0 Å². The molecule has 0 amide bonds. The van der Waals surface area contributed by atoms with Crippen molar-refractivity contribution in [2.24, 2.45) is 0 Å². The van der Waals surface area contributed by atoms with Crippen LogP contribution in [0.1, 0.15) is 58.8 Å². The molecule has 1 N–H and O–H groups in total. The van der Waals surface area contributed by atoms with E-state index in [-0.39, 0.29) is 13.0 Å². The van der Waals surface area contributed by atoms with Crippen LogP contribution in [0.3, 0.4) is 0 Å². The highest BCUT2D eigenvalue weighted by atomic mass is 32.2. The second kappa shape index (κ2) is 8.90. The van der Waals surface area contributed by atoms with Gasteiger partial charge < -0.3 is 0 Å². The molecule has 0 aliphatic rings. The Balaban J connectivity index is 5.08. The van der Waals surface area contributed by atoms with Crippen molar-refractivity contribution in [2.45, 2.75) is 63.5 Å². The molecule has 0 spiro atoms. The molecule has 0 aromatic rings. The lowest BCUT2D eigenvalue weighted by Crippen LogP contribution is -2.45. The van der Waals surface area contributed by atoms with Gasteiger partial charge in [-0.25, -0.2) is 13.1 Å². The Bertz CT molecular complexity index is 424. The van der Waals surface area contributed by atoms with Crippen LogP contribution in [0.15, 0.2) is 0 Å². The summed E-state index contributed by atoms with van der Waals surface area (Å²) in [4.78, 5) is 0. The molecule has 0 rings (SSSR count). The molecule has 0 aliphatic heterocycles. The van der Waals surface area contributed by atoms with Crippen molar-refractivity contribution in [1.82, 2.24) is 4.72 Å². The molecule has 0 atom stereocenters. The molecule has 0 unspecified atom stereocenters. The molecule has 0 bridgehead atoms. The van der Waals surface area contributed by atoms with E-state index in [0.29, 0.717) is 25.7 Å². The molecule has 19 heavy (non-hydrogen) atoms. The third kappa shape index (κ3) is 5.18. The highest BCUT2D eigenvalue weighted by Gasteiger charge is 2.42. The lowest BCUT2D eigenvalue weighted by atomic mass is 9.96. The van der Waals surface area contributed by atoms with Gasteiger partial charge in [0.1, 0.15) is 0 Å². The van der Waals surface area contributed by atoms with Gasteiger partial charge in [0.15, 0.2) is 4.75 Å².